The van der Waals surface area contributed by atoms with E-state index in [1.54, 1.807) is 44.1 Å². The van der Waals surface area contributed by atoms with Gasteiger partial charge >= 0.3 is 63.8 Å². The Labute approximate surface area is 301 Å². The molecule has 47 heavy (non-hydrogen) atoms. The SMILES string of the molecule is CC(C)(C)c1c[c-]c2c(c1)-c1cc(C(C)(C)C)ccc1C2.CC1=[C-]C(C)C=C1CC12CC3CC(CC(C3)C1)C2.[Zr+2]=[CH]c1ccccc1. The molecule has 0 radical (unpaired) electrons. The molecule has 0 heterocycles. The minimum atomic E-state index is 0.177. The van der Waals surface area contributed by atoms with Crippen molar-refractivity contribution in [2.75, 3.05) is 0 Å². The molecule has 0 nitrogen and oxygen atoms in total. The fraction of sp³-hybridized carbons (Fsp3) is 0.500. The Morgan fingerprint density at radius 1 is 0.809 bits per heavy atom. The van der Waals surface area contributed by atoms with Crippen molar-refractivity contribution in [3.05, 3.63) is 118 Å². The van der Waals surface area contributed by atoms with E-state index in [1.165, 1.54) is 75.2 Å². The Kier molecular flexibility index (Phi) is 10.1. The first-order chi connectivity index (χ1) is 22.2. The second-order valence-corrected chi connectivity index (χ2v) is 18.4. The number of hydrogen-bond acceptors (Lipinski definition) is 0. The van der Waals surface area contributed by atoms with Crippen molar-refractivity contribution in [2.24, 2.45) is 29.1 Å². The van der Waals surface area contributed by atoms with Crippen LogP contribution in [0, 0.1) is 41.2 Å². The van der Waals surface area contributed by atoms with Crippen LogP contribution in [0.2, 0.25) is 0 Å². The van der Waals surface area contributed by atoms with Crippen molar-refractivity contribution in [2.45, 2.75) is 118 Å². The van der Waals surface area contributed by atoms with E-state index in [4.69, 9.17) is 0 Å². The number of rotatable bonds is 3. The monoisotopic (exact) mass is 698 g/mol. The molecule has 3 aromatic rings. The molecule has 6 aliphatic carbocycles. The summed E-state index contributed by atoms with van der Waals surface area (Å²) in [6.07, 6.45) is 17.8. The summed E-state index contributed by atoms with van der Waals surface area (Å²) in [6, 6.07) is 25.4. The van der Waals surface area contributed by atoms with E-state index in [1.807, 2.05) is 6.07 Å². The molecule has 4 fully saturated rings. The van der Waals surface area contributed by atoms with Gasteiger partial charge in [0.2, 0.25) is 0 Å². The van der Waals surface area contributed by atoms with Gasteiger partial charge in [-0.25, -0.2) is 5.57 Å². The molecule has 0 spiro atoms. The molecule has 9 rings (SSSR count). The second-order valence-electron chi connectivity index (χ2n) is 17.7. The molecule has 1 atom stereocenters. The Hall–Kier alpha value is -2.11. The molecule has 4 saturated carbocycles. The summed E-state index contributed by atoms with van der Waals surface area (Å²) in [5, 5.41) is 0. The zero-order valence-electron chi connectivity index (χ0n) is 30.4. The summed E-state index contributed by atoms with van der Waals surface area (Å²) in [6.45, 7) is 18.2. The van der Waals surface area contributed by atoms with Crippen LogP contribution in [-0.4, -0.2) is 3.71 Å². The molecular weight excluding hydrogens is 644 g/mol. The molecule has 3 aromatic carbocycles. The van der Waals surface area contributed by atoms with Crippen molar-refractivity contribution in [3.63, 3.8) is 0 Å². The third-order valence-corrected chi connectivity index (χ3v) is 12.4. The maximum absolute atomic E-state index is 3.57. The Morgan fingerprint density at radius 3 is 1.91 bits per heavy atom. The number of benzene rings is 3. The first-order valence-corrected chi connectivity index (χ1v) is 19.7. The van der Waals surface area contributed by atoms with E-state index in [9.17, 15) is 0 Å². The van der Waals surface area contributed by atoms with Gasteiger partial charge in [0.05, 0.1) is 0 Å². The van der Waals surface area contributed by atoms with Gasteiger partial charge in [-0.3, -0.25) is 6.08 Å². The van der Waals surface area contributed by atoms with Crippen LogP contribution < -0.4 is 0 Å². The quantitative estimate of drug-likeness (QED) is 0.187. The minimum absolute atomic E-state index is 0.177. The average molecular weight is 700 g/mol. The maximum atomic E-state index is 3.57. The molecule has 1 unspecified atom stereocenters. The Balaban J connectivity index is 0.000000135. The van der Waals surface area contributed by atoms with Crippen LogP contribution in [0.3, 0.4) is 0 Å². The summed E-state index contributed by atoms with van der Waals surface area (Å²) in [5.74, 6) is 3.82. The molecule has 4 bridgehead atoms. The second kappa shape index (κ2) is 13.7. The van der Waals surface area contributed by atoms with Gasteiger partial charge in [0.25, 0.3) is 0 Å². The predicted octanol–water partition coefficient (Wildman–Crippen LogP) is 12.0. The molecule has 6 aliphatic rings. The van der Waals surface area contributed by atoms with Gasteiger partial charge < -0.3 is 0 Å². The first kappa shape index (κ1) is 34.7. The summed E-state index contributed by atoms with van der Waals surface area (Å²) >= 11 is 1.46. The molecule has 0 N–H and O–H groups in total. The van der Waals surface area contributed by atoms with Gasteiger partial charge in [-0.05, 0) is 79.1 Å². The molecule has 1 heteroatoms. The van der Waals surface area contributed by atoms with Crippen LogP contribution in [0.15, 0.2) is 77.9 Å². The van der Waals surface area contributed by atoms with Gasteiger partial charge in [0, 0.05) is 0 Å². The molecule has 0 aliphatic heterocycles. The van der Waals surface area contributed by atoms with E-state index in [0.717, 1.165) is 24.2 Å². The van der Waals surface area contributed by atoms with Crippen LogP contribution in [0.5, 0.6) is 0 Å². The van der Waals surface area contributed by atoms with Crippen molar-refractivity contribution in [3.8, 4) is 11.1 Å². The van der Waals surface area contributed by atoms with E-state index >= 15 is 0 Å². The summed E-state index contributed by atoms with van der Waals surface area (Å²) < 4.78 is 2.17. The zero-order valence-corrected chi connectivity index (χ0v) is 32.9. The van der Waals surface area contributed by atoms with Gasteiger partial charge in [0.15, 0.2) is 0 Å². The first-order valence-electron chi connectivity index (χ1n) is 18.3. The molecular formula is C46H56Zr. The van der Waals surface area contributed by atoms with Crippen LogP contribution in [0.25, 0.3) is 11.1 Å². The number of allylic oxidation sites excluding steroid dienone is 4. The van der Waals surface area contributed by atoms with Crippen molar-refractivity contribution >= 4 is 3.71 Å². The molecule has 0 saturated heterocycles. The third kappa shape index (κ3) is 8.04. The van der Waals surface area contributed by atoms with E-state index < -0.39 is 0 Å². The normalized spacial score (nSPS) is 26.7. The summed E-state index contributed by atoms with van der Waals surface area (Å²) in [5.41, 5.74) is 13.9. The van der Waals surface area contributed by atoms with E-state index in [0.29, 0.717) is 11.3 Å². The van der Waals surface area contributed by atoms with Crippen LogP contribution in [0.4, 0.5) is 0 Å². The van der Waals surface area contributed by atoms with Crippen LogP contribution >= 0.6 is 0 Å². The van der Waals surface area contributed by atoms with Crippen molar-refractivity contribution < 1.29 is 24.2 Å². The summed E-state index contributed by atoms with van der Waals surface area (Å²) in [4.78, 5) is 0. The Bertz CT molecular complexity index is 1550. The number of hydrogen-bond donors (Lipinski definition) is 0. The molecule has 0 aromatic heterocycles. The Morgan fingerprint density at radius 2 is 1.40 bits per heavy atom. The third-order valence-electron chi connectivity index (χ3n) is 11.6. The van der Waals surface area contributed by atoms with Gasteiger partial charge in [-0.15, -0.1) is 5.56 Å². The standard InChI is InChI=1S/C21H25.C18H25.C7H6.Zr/c1-20(2,3)16-9-7-14-11-15-8-10-17(21(4,5)6)13-19(15)18(14)12-16;1-12-3-13(2)17(4-12)11-18-8-14-5-15(9-18)7-16(6-14)10-18;1-7-5-3-2-4-6-7;/h7,9-10,12-13H,11H2,1-6H3;4,12,14-16H,5-11H2,1-2H3;1-6H;/q2*-1;;+2. The number of fused-ring (bicyclic) bond motifs is 3. The van der Waals surface area contributed by atoms with E-state index in [-0.39, 0.29) is 10.8 Å². The fourth-order valence-corrected chi connectivity index (χ4v) is 10.0. The van der Waals surface area contributed by atoms with Crippen LogP contribution in [-0.2, 0) is 41.5 Å². The molecule has 244 valence electrons. The van der Waals surface area contributed by atoms with E-state index in [2.05, 4.69) is 132 Å². The fourth-order valence-electron chi connectivity index (χ4n) is 9.54. The zero-order chi connectivity index (χ0) is 33.6. The molecule has 0 amide bonds. The topological polar surface area (TPSA) is 0 Å². The van der Waals surface area contributed by atoms with Crippen molar-refractivity contribution in [1.82, 2.24) is 0 Å². The van der Waals surface area contributed by atoms with Gasteiger partial charge in [-0.1, -0.05) is 102 Å². The van der Waals surface area contributed by atoms with Gasteiger partial charge in [-0.2, -0.15) is 41.0 Å². The average Bonchev–Trinajstić information content (AvgIpc) is 3.53. The van der Waals surface area contributed by atoms with Crippen molar-refractivity contribution in [1.29, 1.82) is 0 Å². The van der Waals surface area contributed by atoms with Crippen LogP contribution in [0.1, 0.15) is 128 Å². The predicted molar refractivity (Wildman–Crippen MR) is 197 cm³/mol. The van der Waals surface area contributed by atoms with Gasteiger partial charge in [0.1, 0.15) is 0 Å². The summed E-state index contributed by atoms with van der Waals surface area (Å²) in [7, 11) is 0.